The van der Waals surface area contributed by atoms with Gasteiger partial charge in [-0.3, -0.25) is 0 Å². The van der Waals surface area contributed by atoms with E-state index in [4.69, 9.17) is 4.74 Å². The maximum absolute atomic E-state index is 7.37. The molecule has 0 N–H and O–H groups in total. The molecule has 0 aliphatic carbocycles. The van der Waals surface area contributed by atoms with E-state index in [-0.39, 0.29) is 25.0 Å². The molecule has 0 aliphatic rings. The molecule has 0 fully saturated rings. The van der Waals surface area contributed by atoms with Crippen molar-refractivity contribution >= 4 is 18.9 Å². The summed E-state index contributed by atoms with van der Waals surface area (Å²) in [5.74, 6) is 1.95. The Morgan fingerprint density at radius 3 is 1.41 bits per heavy atom. The molecule has 3 rings (SSSR count). The molecule has 0 bridgehead atoms. The summed E-state index contributed by atoms with van der Waals surface area (Å²) >= 11 is 0. The Hall–Kier alpha value is -2.04. The molecule has 2 heteroatoms. The first-order chi connectivity index (χ1) is 17.5. The third-order valence-electron chi connectivity index (χ3n) is 6.86. The van der Waals surface area contributed by atoms with Gasteiger partial charge in [-0.15, -0.1) is 0 Å². The zero-order valence-corrected chi connectivity index (χ0v) is 23.1. The Morgan fingerprint density at radius 2 is 1.05 bits per heavy atom. The van der Waals surface area contributed by atoms with E-state index in [0.717, 1.165) is 19.3 Å². The van der Waals surface area contributed by atoms with E-state index in [1.54, 1.807) is 0 Å². The van der Waals surface area contributed by atoms with Gasteiger partial charge in [0.15, 0.2) is 0 Å². The first kappa shape index (κ1) is 31.2. The summed E-state index contributed by atoms with van der Waals surface area (Å²) in [4.78, 5) is 0. The molecule has 1 atom stereocenters. The fraction of sp³-hybridized carbons (Fsp3) is 0.429. The Labute approximate surface area is 238 Å². The Kier molecular flexibility index (Phi) is 13.5. The van der Waals surface area contributed by atoms with E-state index in [1.807, 2.05) is 0 Å². The summed E-state index contributed by atoms with van der Waals surface area (Å²) in [7, 11) is 0. The van der Waals surface area contributed by atoms with E-state index in [1.165, 1.54) is 29.5 Å². The molecular formula is C35H47LiO. The second-order valence-corrected chi connectivity index (χ2v) is 11.0. The summed E-state index contributed by atoms with van der Waals surface area (Å²) in [6.45, 7) is 11.6. The van der Waals surface area contributed by atoms with Gasteiger partial charge in [0.05, 0.1) is 6.10 Å². The molecule has 0 radical (unpaired) electrons. The zero-order chi connectivity index (χ0) is 25.8. The van der Waals surface area contributed by atoms with Crippen molar-refractivity contribution in [2.75, 3.05) is 0 Å². The van der Waals surface area contributed by atoms with E-state index >= 15 is 0 Å². The van der Waals surface area contributed by atoms with Crippen LogP contribution in [0.3, 0.4) is 0 Å². The molecule has 0 amide bonds. The fourth-order valence-electron chi connectivity index (χ4n) is 5.29. The predicted molar refractivity (Wildman–Crippen MR) is 162 cm³/mol. The van der Waals surface area contributed by atoms with Crippen LogP contribution in [0.5, 0.6) is 0 Å². The Bertz CT molecular complexity index is 904. The van der Waals surface area contributed by atoms with Gasteiger partial charge in [-0.25, -0.2) is 0 Å². The van der Waals surface area contributed by atoms with Gasteiger partial charge in [0.2, 0.25) is 0 Å². The third-order valence-corrected chi connectivity index (χ3v) is 6.86. The van der Waals surface area contributed by atoms with Gasteiger partial charge < -0.3 is 4.74 Å². The van der Waals surface area contributed by atoms with E-state index in [9.17, 15) is 0 Å². The normalized spacial score (nSPS) is 12.9. The average Bonchev–Trinajstić information content (AvgIpc) is 2.89. The Morgan fingerprint density at radius 1 is 0.649 bits per heavy atom. The van der Waals surface area contributed by atoms with Crippen LogP contribution in [0.1, 0.15) is 83.4 Å². The van der Waals surface area contributed by atoms with Crippen molar-refractivity contribution in [3.63, 3.8) is 0 Å². The van der Waals surface area contributed by atoms with Crippen molar-refractivity contribution in [3.05, 3.63) is 120 Å². The van der Waals surface area contributed by atoms with Gasteiger partial charge in [0, 0.05) is 0 Å². The van der Waals surface area contributed by atoms with Crippen LogP contribution in [-0.4, -0.2) is 25.0 Å². The van der Waals surface area contributed by atoms with Crippen LogP contribution in [0.25, 0.3) is 0 Å². The minimum absolute atomic E-state index is 0. The molecule has 1 unspecified atom stereocenters. The van der Waals surface area contributed by atoms with Gasteiger partial charge >= 0.3 is 18.9 Å². The summed E-state index contributed by atoms with van der Waals surface area (Å²) in [5.41, 5.74) is 2.81. The quantitative estimate of drug-likeness (QED) is 0.124. The van der Waals surface area contributed by atoms with Gasteiger partial charge in [0.25, 0.3) is 0 Å². The van der Waals surface area contributed by atoms with Crippen LogP contribution < -0.4 is 0 Å². The number of benzene rings is 3. The van der Waals surface area contributed by atoms with Gasteiger partial charge in [-0.2, -0.15) is 0 Å². The number of rotatable bonds is 14. The van der Waals surface area contributed by atoms with Gasteiger partial charge in [-0.05, 0) is 53.7 Å². The molecular weight excluding hydrogens is 443 g/mol. The SMILES string of the molecule is CCCCC(/C=C/C(CC(C)C)CC(C)C)OC(c1ccccc1)(c1ccccc1)c1ccccc1.[LiH]. The summed E-state index contributed by atoms with van der Waals surface area (Å²) < 4.78 is 7.37. The van der Waals surface area contributed by atoms with Crippen LogP contribution >= 0.6 is 0 Å². The van der Waals surface area contributed by atoms with Crippen molar-refractivity contribution in [3.8, 4) is 0 Å². The summed E-state index contributed by atoms with van der Waals surface area (Å²) in [6, 6.07) is 32.2. The monoisotopic (exact) mass is 490 g/mol. The molecule has 0 aromatic heterocycles. The first-order valence-corrected chi connectivity index (χ1v) is 14.0. The number of hydrogen-bond acceptors (Lipinski definition) is 1. The molecule has 1 nitrogen and oxygen atoms in total. The number of ether oxygens (including phenoxy) is 1. The van der Waals surface area contributed by atoms with Crippen LogP contribution in [0.2, 0.25) is 0 Å². The predicted octanol–water partition coefficient (Wildman–Crippen LogP) is 9.17. The zero-order valence-electron chi connectivity index (χ0n) is 23.1. The standard InChI is InChI=1S/C35H46O.Li.H/c1-6-7-23-34(25-24-30(26-28(2)3)27-29(4)5)36-35(31-17-11-8-12-18-31,32-19-13-9-14-20-32)33-21-15-10-16-22-33;;/h8-22,24-25,28-30,34H,6-7,23,26-27H2,1-5H3;;/b25-24+;;. The van der Waals surface area contributed by atoms with E-state index < -0.39 is 5.60 Å². The molecule has 37 heavy (non-hydrogen) atoms. The van der Waals surface area contributed by atoms with Gasteiger partial charge in [0.1, 0.15) is 5.60 Å². The maximum atomic E-state index is 7.37. The minimum atomic E-state index is -0.682. The second kappa shape index (κ2) is 16.0. The summed E-state index contributed by atoms with van der Waals surface area (Å²) in [5, 5.41) is 0. The number of unbranched alkanes of at least 4 members (excludes halogenated alkanes) is 1. The third kappa shape index (κ3) is 9.03. The number of hydrogen-bond donors (Lipinski definition) is 0. The van der Waals surface area contributed by atoms with Crippen LogP contribution in [0, 0.1) is 17.8 Å². The van der Waals surface area contributed by atoms with Gasteiger partial charge in [-0.1, -0.05) is 151 Å². The van der Waals surface area contributed by atoms with E-state index in [2.05, 4.69) is 138 Å². The molecule has 194 valence electrons. The van der Waals surface area contributed by atoms with Crippen molar-refractivity contribution < 1.29 is 4.74 Å². The topological polar surface area (TPSA) is 9.23 Å². The van der Waals surface area contributed by atoms with Crippen molar-refractivity contribution in [2.45, 2.75) is 78.4 Å². The molecule has 0 saturated carbocycles. The second-order valence-electron chi connectivity index (χ2n) is 11.0. The molecule has 0 heterocycles. The molecule has 3 aromatic rings. The molecule has 0 saturated heterocycles. The van der Waals surface area contributed by atoms with Crippen LogP contribution in [0.15, 0.2) is 103 Å². The molecule has 0 aliphatic heterocycles. The fourth-order valence-corrected chi connectivity index (χ4v) is 5.29. The molecule has 0 spiro atoms. The number of allylic oxidation sites excluding steroid dienone is 1. The Balaban J connectivity index is 0.00000481. The molecule has 3 aromatic carbocycles. The van der Waals surface area contributed by atoms with E-state index in [0.29, 0.717) is 17.8 Å². The van der Waals surface area contributed by atoms with Crippen LogP contribution in [0.4, 0.5) is 0 Å². The van der Waals surface area contributed by atoms with Crippen molar-refractivity contribution in [1.82, 2.24) is 0 Å². The first-order valence-electron chi connectivity index (χ1n) is 14.0. The van der Waals surface area contributed by atoms with Crippen molar-refractivity contribution in [2.24, 2.45) is 17.8 Å². The average molecular weight is 491 g/mol. The summed E-state index contributed by atoms with van der Waals surface area (Å²) in [6.07, 6.45) is 10.6. The van der Waals surface area contributed by atoms with Crippen LogP contribution in [-0.2, 0) is 10.3 Å². The van der Waals surface area contributed by atoms with Crippen molar-refractivity contribution in [1.29, 1.82) is 0 Å².